The van der Waals surface area contributed by atoms with Crippen LogP contribution >= 0.6 is 22.7 Å². The van der Waals surface area contributed by atoms with Gasteiger partial charge in [0.25, 0.3) is 0 Å². The second-order valence-corrected chi connectivity index (χ2v) is 7.99. The van der Waals surface area contributed by atoms with Crippen LogP contribution in [0, 0.1) is 27.7 Å². The van der Waals surface area contributed by atoms with Gasteiger partial charge in [-0.1, -0.05) is 0 Å². The monoisotopic (exact) mass is 326 g/mol. The average Bonchev–Trinajstić information content (AvgIpc) is 3.04. The first-order valence-electron chi connectivity index (χ1n) is 7.19. The fraction of sp³-hybridized carbons (Fsp3) is 0.222. The average molecular weight is 326 g/mol. The van der Waals surface area contributed by atoms with E-state index in [0.717, 1.165) is 22.1 Å². The second kappa shape index (κ2) is 6.15. The van der Waals surface area contributed by atoms with Crippen LogP contribution in [0.25, 0.3) is 12.2 Å². The van der Waals surface area contributed by atoms with Crippen molar-refractivity contribution in [2.24, 2.45) is 0 Å². The summed E-state index contributed by atoms with van der Waals surface area (Å²) in [5.74, 6) is 0. The zero-order valence-corrected chi connectivity index (χ0v) is 14.8. The Morgan fingerprint density at radius 3 is 1.41 bits per heavy atom. The summed E-state index contributed by atoms with van der Waals surface area (Å²) >= 11 is 3.55. The number of hydrogen-bond donors (Lipinski definition) is 0. The van der Waals surface area contributed by atoms with Gasteiger partial charge in [-0.25, -0.2) is 9.97 Å². The van der Waals surface area contributed by atoms with E-state index in [1.54, 1.807) is 22.7 Å². The topological polar surface area (TPSA) is 25.8 Å². The maximum atomic E-state index is 4.74. The van der Waals surface area contributed by atoms with Crippen molar-refractivity contribution in [3.8, 4) is 0 Å². The van der Waals surface area contributed by atoms with Crippen LogP contribution < -0.4 is 10.7 Å². The summed E-state index contributed by atoms with van der Waals surface area (Å²) in [6.45, 7) is 8.28. The first-order chi connectivity index (χ1) is 10.5. The highest BCUT2D eigenvalue weighted by Crippen LogP contribution is 2.16. The van der Waals surface area contributed by atoms with Gasteiger partial charge >= 0.3 is 0 Å². The Morgan fingerprint density at radius 1 is 0.682 bits per heavy atom. The largest absolute Gasteiger partial charge is 0.250 e. The molecule has 0 aliphatic heterocycles. The SMILES string of the molecule is Cc1ccc(/C=c2/nc(C)/c(=C\c3ccc(C)s3)nc2C)s1. The lowest BCUT2D eigenvalue weighted by Gasteiger charge is -1.98. The minimum atomic E-state index is 0.957. The molecule has 0 amide bonds. The zero-order valence-electron chi connectivity index (χ0n) is 13.2. The van der Waals surface area contributed by atoms with E-state index in [9.17, 15) is 0 Å². The van der Waals surface area contributed by atoms with Crippen LogP contribution in [0.5, 0.6) is 0 Å². The van der Waals surface area contributed by atoms with Crippen LogP contribution in [0.3, 0.4) is 0 Å². The summed E-state index contributed by atoms with van der Waals surface area (Å²) < 4.78 is 0. The molecule has 0 saturated carbocycles. The van der Waals surface area contributed by atoms with Gasteiger partial charge in [0, 0.05) is 19.5 Å². The van der Waals surface area contributed by atoms with Gasteiger partial charge in [-0.15, -0.1) is 22.7 Å². The number of aromatic nitrogens is 2. The van der Waals surface area contributed by atoms with Crippen molar-refractivity contribution in [1.29, 1.82) is 0 Å². The van der Waals surface area contributed by atoms with Gasteiger partial charge in [0.2, 0.25) is 0 Å². The molecule has 3 rings (SSSR count). The molecular weight excluding hydrogens is 308 g/mol. The molecule has 22 heavy (non-hydrogen) atoms. The zero-order chi connectivity index (χ0) is 15.7. The van der Waals surface area contributed by atoms with E-state index in [1.807, 2.05) is 13.8 Å². The van der Waals surface area contributed by atoms with Gasteiger partial charge in [-0.2, -0.15) is 0 Å². The van der Waals surface area contributed by atoms with Gasteiger partial charge in [-0.05, 0) is 64.1 Å². The molecule has 2 nitrogen and oxygen atoms in total. The summed E-state index contributed by atoms with van der Waals surface area (Å²) in [5, 5.41) is 1.91. The normalized spacial score (nSPS) is 13.1. The van der Waals surface area contributed by atoms with Crippen molar-refractivity contribution in [3.05, 3.63) is 65.9 Å². The van der Waals surface area contributed by atoms with Crippen LogP contribution in [0.1, 0.15) is 30.9 Å². The number of nitrogens with zero attached hydrogens (tertiary/aromatic N) is 2. The summed E-state index contributed by atoms with van der Waals surface area (Å²) in [6.07, 6.45) is 4.23. The minimum Gasteiger partial charge on any atom is -0.250 e. The van der Waals surface area contributed by atoms with Gasteiger partial charge in [0.15, 0.2) is 0 Å². The lowest BCUT2D eigenvalue weighted by molar-refractivity contribution is 0.985. The van der Waals surface area contributed by atoms with Crippen LogP contribution in [0.4, 0.5) is 0 Å². The highest BCUT2D eigenvalue weighted by Gasteiger charge is 2.01. The fourth-order valence-electron chi connectivity index (χ4n) is 2.24. The lowest BCUT2D eigenvalue weighted by atomic mass is 10.3. The summed E-state index contributed by atoms with van der Waals surface area (Å²) in [4.78, 5) is 14.6. The smallest absolute Gasteiger partial charge is 0.0859 e. The Balaban J connectivity index is 2.08. The van der Waals surface area contributed by atoms with Gasteiger partial charge in [0.1, 0.15) is 0 Å². The molecule has 112 valence electrons. The van der Waals surface area contributed by atoms with E-state index in [2.05, 4.69) is 50.3 Å². The molecule has 0 bridgehead atoms. The fourth-order valence-corrected chi connectivity index (χ4v) is 3.87. The second-order valence-electron chi connectivity index (χ2n) is 5.35. The van der Waals surface area contributed by atoms with E-state index in [1.165, 1.54) is 19.5 Å². The van der Waals surface area contributed by atoms with Crippen molar-refractivity contribution in [2.75, 3.05) is 0 Å². The Hall–Kier alpha value is -1.78. The van der Waals surface area contributed by atoms with Gasteiger partial charge in [-0.3, -0.25) is 0 Å². The van der Waals surface area contributed by atoms with E-state index in [4.69, 9.17) is 9.97 Å². The highest BCUT2D eigenvalue weighted by molar-refractivity contribution is 7.13. The van der Waals surface area contributed by atoms with Crippen molar-refractivity contribution in [3.63, 3.8) is 0 Å². The molecule has 3 heterocycles. The molecular formula is C18H18N2S2. The predicted octanol–water partition coefficient (Wildman–Crippen LogP) is 3.49. The molecule has 0 saturated heterocycles. The molecule has 0 unspecified atom stereocenters. The Labute approximate surface area is 138 Å². The first kappa shape index (κ1) is 15.1. The maximum Gasteiger partial charge on any atom is 0.0859 e. The maximum absolute atomic E-state index is 4.74. The molecule has 0 aliphatic rings. The number of rotatable bonds is 2. The number of aryl methyl sites for hydroxylation is 4. The lowest BCUT2D eigenvalue weighted by Crippen LogP contribution is -2.25. The van der Waals surface area contributed by atoms with Crippen LogP contribution in [0.2, 0.25) is 0 Å². The number of thiophene rings is 2. The van der Waals surface area contributed by atoms with Crippen molar-refractivity contribution >= 4 is 34.8 Å². The van der Waals surface area contributed by atoms with Crippen LogP contribution in [-0.4, -0.2) is 9.97 Å². The van der Waals surface area contributed by atoms with Gasteiger partial charge in [0.05, 0.1) is 22.1 Å². The molecule has 3 aromatic heterocycles. The first-order valence-corrected chi connectivity index (χ1v) is 8.82. The summed E-state index contributed by atoms with van der Waals surface area (Å²) in [6, 6.07) is 8.52. The van der Waals surface area contributed by atoms with E-state index >= 15 is 0 Å². The molecule has 0 fully saturated rings. The summed E-state index contributed by atoms with van der Waals surface area (Å²) in [7, 11) is 0. The molecule has 3 aromatic rings. The number of hydrogen-bond acceptors (Lipinski definition) is 4. The molecule has 0 N–H and O–H groups in total. The molecule has 0 aromatic carbocycles. The Morgan fingerprint density at radius 2 is 1.09 bits per heavy atom. The predicted molar refractivity (Wildman–Crippen MR) is 96.0 cm³/mol. The highest BCUT2D eigenvalue weighted by atomic mass is 32.1. The van der Waals surface area contributed by atoms with Crippen molar-refractivity contribution in [2.45, 2.75) is 27.7 Å². The quantitative estimate of drug-likeness (QED) is 0.720. The minimum absolute atomic E-state index is 0.957. The van der Waals surface area contributed by atoms with Crippen LogP contribution in [0.15, 0.2) is 24.3 Å². The third-order valence-electron chi connectivity index (χ3n) is 3.40. The van der Waals surface area contributed by atoms with E-state index in [0.29, 0.717) is 0 Å². The van der Waals surface area contributed by atoms with Crippen LogP contribution in [-0.2, 0) is 0 Å². The van der Waals surface area contributed by atoms with Gasteiger partial charge < -0.3 is 0 Å². The molecule has 0 spiro atoms. The van der Waals surface area contributed by atoms with E-state index in [-0.39, 0.29) is 0 Å². The van der Waals surface area contributed by atoms with E-state index < -0.39 is 0 Å². The molecule has 4 heteroatoms. The molecule has 0 radical (unpaired) electrons. The Kier molecular flexibility index (Phi) is 4.23. The third kappa shape index (κ3) is 3.34. The Bertz CT molecular complexity index is 854. The summed E-state index contributed by atoms with van der Waals surface area (Å²) in [5.41, 5.74) is 1.94. The molecule has 0 atom stereocenters. The van der Waals surface area contributed by atoms with Crippen molar-refractivity contribution in [1.82, 2.24) is 9.97 Å². The van der Waals surface area contributed by atoms with Crippen molar-refractivity contribution < 1.29 is 0 Å². The third-order valence-corrected chi connectivity index (χ3v) is 5.29. The molecule has 0 aliphatic carbocycles. The standard InChI is InChI=1S/C18H18N2S2/c1-11-5-7-15(21-11)9-17-13(3)20-18(14(4)19-17)10-16-8-6-12(2)22-16/h5-10H,1-4H3/b17-9+,18-10+.